The molecule has 108 valence electrons. The molecule has 1 unspecified atom stereocenters. The molecule has 0 bridgehead atoms. The van der Waals surface area contributed by atoms with E-state index in [0.717, 1.165) is 25.5 Å². The number of nitrogens with zero attached hydrogens (tertiary/aromatic N) is 3. The summed E-state index contributed by atoms with van der Waals surface area (Å²) >= 11 is 0. The molecule has 2 aromatic rings. The number of hydrogen-bond donors (Lipinski definition) is 1. The number of hydrogen-bond acceptors (Lipinski definition) is 3. The van der Waals surface area contributed by atoms with Crippen molar-refractivity contribution < 1.29 is 0 Å². The first kappa shape index (κ1) is 14.7. The zero-order chi connectivity index (χ0) is 14.4. The lowest BCUT2D eigenvalue weighted by atomic mass is 10.0. The van der Waals surface area contributed by atoms with Gasteiger partial charge in [-0.1, -0.05) is 51.1 Å². The largest absolute Gasteiger partial charge is 0.309 e. The molecule has 0 spiro atoms. The molecule has 1 N–H and O–H groups in total. The highest BCUT2D eigenvalue weighted by Crippen LogP contribution is 2.13. The molecule has 20 heavy (non-hydrogen) atoms. The molecule has 0 fully saturated rings. The third-order valence-electron chi connectivity index (χ3n) is 3.34. The van der Waals surface area contributed by atoms with Crippen molar-refractivity contribution in [3.05, 3.63) is 48.0 Å². The van der Waals surface area contributed by atoms with Crippen molar-refractivity contribution in [2.75, 3.05) is 6.54 Å². The first-order valence-corrected chi connectivity index (χ1v) is 7.29. The minimum atomic E-state index is 0.498. The maximum absolute atomic E-state index is 4.33. The minimum absolute atomic E-state index is 0.498. The Hall–Kier alpha value is -1.68. The van der Waals surface area contributed by atoms with E-state index >= 15 is 0 Å². The van der Waals surface area contributed by atoms with Crippen LogP contribution in [0.5, 0.6) is 0 Å². The Morgan fingerprint density at radius 3 is 2.60 bits per heavy atom. The fraction of sp³-hybridized carbons (Fsp3) is 0.500. The van der Waals surface area contributed by atoms with Gasteiger partial charge in [0.05, 0.1) is 6.54 Å². The van der Waals surface area contributed by atoms with Crippen LogP contribution in [0.1, 0.15) is 38.1 Å². The van der Waals surface area contributed by atoms with E-state index in [1.54, 1.807) is 6.33 Å². The zero-order valence-electron chi connectivity index (χ0n) is 12.6. The van der Waals surface area contributed by atoms with Crippen LogP contribution in [0.4, 0.5) is 0 Å². The fourth-order valence-electron chi connectivity index (χ4n) is 2.22. The van der Waals surface area contributed by atoms with Crippen molar-refractivity contribution in [3.63, 3.8) is 0 Å². The van der Waals surface area contributed by atoms with Crippen molar-refractivity contribution in [1.82, 2.24) is 20.1 Å². The number of aromatic nitrogens is 3. The standard InChI is InChI=1S/C16H24N4/c1-13(2)11-20-16(18-12-19-20)10-17-9-14(3)15-7-5-4-6-8-15/h4-8,12-14,17H,9-11H2,1-3H3. The number of rotatable bonds is 7. The highest BCUT2D eigenvalue weighted by molar-refractivity contribution is 5.18. The van der Waals surface area contributed by atoms with Gasteiger partial charge in [-0.05, 0) is 17.4 Å². The lowest BCUT2D eigenvalue weighted by Crippen LogP contribution is -2.23. The Bertz CT molecular complexity index is 504. The van der Waals surface area contributed by atoms with Gasteiger partial charge in [0.2, 0.25) is 0 Å². The van der Waals surface area contributed by atoms with Crippen molar-refractivity contribution in [3.8, 4) is 0 Å². The van der Waals surface area contributed by atoms with Crippen LogP contribution in [0.15, 0.2) is 36.7 Å². The van der Waals surface area contributed by atoms with E-state index in [1.165, 1.54) is 5.56 Å². The molecule has 0 saturated heterocycles. The van der Waals surface area contributed by atoms with Gasteiger partial charge in [0.15, 0.2) is 0 Å². The fourth-order valence-corrected chi connectivity index (χ4v) is 2.22. The minimum Gasteiger partial charge on any atom is -0.309 e. The average Bonchev–Trinajstić information content (AvgIpc) is 2.86. The summed E-state index contributed by atoms with van der Waals surface area (Å²) < 4.78 is 1.99. The molecular weight excluding hydrogens is 248 g/mol. The molecule has 0 amide bonds. The van der Waals surface area contributed by atoms with Crippen LogP contribution < -0.4 is 5.32 Å². The molecule has 0 saturated carbocycles. The van der Waals surface area contributed by atoms with Crippen LogP contribution in [0.2, 0.25) is 0 Å². The van der Waals surface area contributed by atoms with Gasteiger partial charge in [-0.25, -0.2) is 9.67 Å². The van der Waals surface area contributed by atoms with Gasteiger partial charge in [-0.15, -0.1) is 0 Å². The van der Waals surface area contributed by atoms with Gasteiger partial charge >= 0.3 is 0 Å². The molecule has 2 rings (SSSR count). The summed E-state index contributed by atoms with van der Waals surface area (Å²) in [7, 11) is 0. The smallest absolute Gasteiger partial charge is 0.140 e. The van der Waals surface area contributed by atoms with Gasteiger partial charge < -0.3 is 5.32 Å². The van der Waals surface area contributed by atoms with E-state index in [2.05, 4.69) is 66.5 Å². The normalized spacial score (nSPS) is 12.8. The van der Waals surface area contributed by atoms with Crippen LogP contribution in [-0.4, -0.2) is 21.3 Å². The molecule has 1 aromatic carbocycles. The van der Waals surface area contributed by atoms with Gasteiger partial charge in [0.1, 0.15) is 12.2 Å². The molecule has 0 aliphatic heterocycles. The summed E-state index contributed by atoms with van der Waals surface area (Å²) in [5, 5.41) is 7.75. The van der Waals surface area contributed by atoms with Gasteiger partial charge in [0, 0.05) is 13.1 Å². The summed E-state index contributed by atoms with van der Waals surface area (Å²) in [5.74, 6) is 2.09. The summed E-state index contributed by atoms with van der Waals surface area (Å²) in [6, 6.07) is 10.6. The van der Waals surface area contributed by atoms with Crippen molar-refractivity contribution in [1.29, 1.82) is 0 Å². The Labute approximate surface area is 121 Å². The maximum atomic E-state index is 4.33. The van der Waals surface area contributed by atoms with E-state index in [4.69, 9.17) is 0 Å². The maximum Gasteiger partial charge on any atom is 0.140 e. The van der Waals surface area contributed by atoms with E-state index in [9.17, 15) is 0 Å². The molecule has 4 nitrogen and oxygen atoms in total. The average molecular weight is 272 g/mol. The zero-order valence-corrected chi connectivity index (χ0v) is 12.6. The first-order chi connectivity index (χ1) is 9.66. The second-order valence-electron chi connectivity index (χ2n) is 5.69. The van der Waals surface area contributed by atoms with Gasteiger partial charge in [-0.2, -0.15) is 5.10 Å². The van der Waals surface area contributed by atoms with Crippen molar-refractivity contribution in [2.45, 2.75) is 39.8 Å². The van der Waals surface area contributed by atoms with Gasteiger partial charge in [0.25, 0.3) is 0 Å². The Morgan fingerprint density at radius 1 is 1.15 bits per heavy atom. The Kier molecular flexibility index (Phi) is 5.30. The highest BCUT2D eigenvalue weighted by atomic mass is 15.3. The summed E-state index contributed by atoms with van der Waals surface area (Å²) in [4.78, 5) is 4.33. The Morgan fingerprint density at radius 2 is 1.90 bits per heavy atom. The van der Waals surface area contributed by atoms with E-state index < -0.39 is 0 Å². The number of nitrogens with one attached hydrogen (secondary N) is 1. The first-order valence-electron chi connectivity index (χ1n) is 7.29. The second kappa shape index (κ2) is 7.20. The summed E-state index contributed by atoms with van der Waals surface area (Å²) in [6.07, 6.45) is 1.64. The van der Waals surface area contributed by atoms with Gasteiger partial charge in [-0.3, -0.25) is 0 Å². The molecule has 1 heterocycles. The van der Waals surface area contributed by atoms with Crippen LogP contribution in [0.25, 0.3) is 0 Å². The molecule has 0 aliphatic rings. The van der Waals surface area contributed by atoms with Crippen LogP contribution in [-0.2, 0) is 13.1 Å². The number of benzene rings is 1. The predicted octanol–water partition coefficient (Wildman–Crippen LogP) is 2.83. The monoisotopic (exact) mass is 272 g/mol. The van der Waals surface area contributed by atoms with E-state index in [1.807, 2.05) is 4.68 Å². The third kappa shape index (κ3) is 4.17. The van der Waals surface area contributed by atoms with Crippen molar-refractivity contribution in [2.24, 2.45) is 5.92 Å². The molecule has 0 aliphatic carbocycles. The summed E-state index contributed by atoms with van der Waals surface area (Å²) in [5.41, 5.74) is 1.36. The third-order valence-corrected chi connectivity index (χ3v) is 3.34. The summed E-state index contributed by atoms with van der Waals surface area (Å²) in [6.45, 7) is 9.25. The van der Waals surface area contributed by atoms with Crippen LogP contribution >= 0.6 is 0 Å². The van der Waals surface area contributed by atoms with Crippen LogP contribution in [0.3, 0.4) is 0 Å². The van der Waals surface area contributed by atoms with E-state index in [-0.39, 0.29) is 0 Å². The molecule has 0 radical (unpaired) electrons. The second-order valence-corrected chi connectivity index (χ2v) is 5.69. The highest BCUT2D eigenvalue weighted by Gasteiger charge is 2.08. The predicted molar refractivity (Wildman–Crippen MR) is 81.4 cm³/mol. The lowest BCUT2D eigenvalue weighted by Gasteiger charge is -2.13. The van der Waals surface area contributed by atoms with E-state index in [0.29, 0.717) is 11.8 Å². The molecule has 1 atom stereocenters. The SMILES string of the molecule is CC(C)Cn1ncnc1CNCC(C)c1ccccc1. The Balaban J connectivity index is 1.83. The van der Waals surface area contributed by atoms with Crippen LogP contribution in [0, 0.1) is 5.92 Å². The molecule has 4 heteroatoms. The molecule has 1 aromatic heterocycles. The lowest BCUT2D eigenvalue weighted by molar-refractivity contribution is 0.455. The topological polar surface area (TPSA) is 42.7 Å². The quantitative estimate of drug-likeness (QED) is 0.843. The van der Waals surface area contributed by atoms with Crippen molar-refractivity contribution >= 4 is 0 Å². The molecular formula is C16H24N4.